The van der Waals surface area contributed by atoms with Crippen LogP contribution in [-0.4, -0.2) is 29.6 Å². The summed E-state index contributed by atoms with van der Waals surface area (Å²) in [4.78, 5) is 22.6. The summed E-state index contributed by atoms with van der Waals surface area (Å²) in [5, 5.41) is 11.5. The van der Waals surface area contributed by atoms with E-state index in [0.29, 0.717) is 5.75 Å². The van der Waals surface area contributed by atoms with Crippen LogP contribution in [0.2, 0.25) is 0 Å². The number of benzene rings is 1. The Balaban J connectivity index is 2.38. The Morgan fingerprint density at radius 1 is 1.40 bits per heavy atom. The number of carboxylic acids is 1. The number of carbonyl (C=O) groups is 2. The highest BCUT2D eigenvalue weighted by Gasteiger charge is 2.23. The van der Waals surface area contributed by atoms with Crippen molar-refractivity contribution < 1.29 is 19.4 Å². The van der Waals surface area contributed by atoms with Crippen molar-refractivity contribution in [3.05, 3.63) is 28.7 Å². The standard InChI is InChI=1S/C14H18BrNO4/c1-9(2)13(14(18)19)16-12(17)6-7-20-11-5-3-4-10(15)8-11/h3-5,8-9,13H,6-7H2,1-2H3,(H,16,17)(H,18,19). The highest BCUT2D eigenvalue weighted by atomic mass is 79.9. The van der Waals surface area contributed by atoms with Crippen molar-refractivity contribution in [3.8, 4) is 5.75 Å². The molecule has 0 aliphatic heterocycles. The number of halogens is 1. The molecule has 2 N–H and O–H groups in total. The van der Waals surface area contributed by atoms with Crippen LogP contribution >= 0.6 is 15.9 Å². The number of hydrogen-bond acceptors (Lipinski definition) is 3. The van der Waals surface area contributed by atoms with Crippen LogP contribution in [0, 0.1) is 5.92 Å². The van der Waals surface area contributed by atoms with E-state index in [9.17, 15) is 9.59 Å². The number of carbonyl (C=O) groups excluding carboxylic acids is 1. The van der Waals surface area contributed by atoms with Crippen LogP contribution in [0.5, 0.6) is 5.75 Å². The lowest BCUT2D eigenvalue weighted by Crippen LogP contribution is -2.44. The van der Waals surface area contributed by atoms with Crippen LogP contribution in [0.4, 0.5) is 0 Å². The van der Waals surface area contributed by atoms with E-state index in [-0.39, 0.29) is 24.9 Å². The van der Waals surface area contributed by atoms with Gasteiger partial charge in [0.05, 0.1) is 13.0 Å². The van der Waals surface area contributed by atoms with Crippen LogP contribution in [0.15, 0.2) is 28.7 Å². The molecule has 5 nitrogen and oxygen atoms in total. The maximum atomic E-state index is 11.7. The Morgan fingerprint density at radius 3 is 2.65 bits per heavy atom. The van der Waals surface area contributed by atoms with Gasteiger partial charge in [0.2, 0.25) is 5.91 Å². The van der Waals surface area contributed by atoms with Gasteiger partial charge >= 0.3 is 5.97 Å². The molecule has 1 aromatic rings. The zero-order valence-corrected chi connectivity index (χ0v) is 13.0. The fourth-order valence-electron chi connectivity index (χ4n) is 1.58. The smallest absolute Gasteiger partial charge is 0.326 e. The summed E-state index contributed by atoms with van der Waals surface area (Å²) in [7, 11) is 0. The molecule has 0 aliphatic rings. The molecule has 0 spiro atoms. The molecule has 0 saturated carbocycles. The van der Waals surface area contributed by atoms with Crippen LogP contribution in [0.1, 0.15) is 20.3 Å². The number of rotatable bonds is 7. The van der Waals surface area contributed by atoms with E-state index in [0.717, 1.165) is 4.47 Å². The van der Waals surface area contributed by atoms with Crippen molar-refractivity contribution in [2.45, 2.75) is 26.3 Å². The fourth-order valence-corrected chi connectivity index (χ4v) is 1.96. The van der Waals surface area contributed by atoms with Gasteiger partial charge in [0.1, 0.15) is 11.8 Å². The van der Waals surface area contributed by atoms with Crippen LogP contribution < -0.4 is 10.1 Å². The average Bonchev–Trinajstić information content (AvgIpc) is 2.35. The Hall–Kier alpha value is -1.56. The van der Waals surface area contributed by atoms with Gasteiger partial charge in [-0.05, 0) is 24.1 Å². The quantitative estimate of drug-likeness (QED) is 0.797. The van der Waals surface area contributed by atoms with Gasteiger partial charge in [-0.25, -0.2) is 4.79 Å². The molecule has 0 saturated heterocycles. The van der Waals surface area contributed by atoms with Crippen molar-refractivity contribution in [2.75, 3.05) is 6.61 Å². The molecule has 0 aliphatic carbocycles. The predicted octanol–water partition coefficient (Wildman–Crippen LogP) is 2.44. The zero-order valence-electron chi connectivity index (χ0n) is 11.4. The number of hydrogen-bond donors (Lipinski definition) is 2. The minimum atomic E-state index is -1.03. The number of amides is 1. The second-order valence-electron chi connectivity index (χ2n) is 4.68. The number of carboxylic acid groups (broad SMARTS) is 1. The van der Waals surface area contributed by atoms with Gasteiger partial charge in [-0.3, -0.25) is 4.79 Å². The highest BCUT2D eigenvalue weighted by Crippen LogP contribution is 2.17. The Kier molecular flexibility index (Phi) is 6.51. The Bertz CT molecular complexity index is 476. The van der Waals surface area contributed by atoms with E-state index in [2.05, 4.69) is 21.2 Å². The Labute approximate surface area is 126 Å². The first-order valence-corrected chi connectivity index (χ1v) is 7.10. The second-order valence-corrected chi connectivity index (χ2v) is 5.60. The van der Waals surface area contributed by atoms with Gasteiger partial charge in [0, 0.05) is 4.47 Å². The molecular weight excluding hydrogens is 326 g/mol. The van der Waals surface area contributed by atoms with Crippen molar-refractivity contribution in [2.24, 2.45) is 5.92 Å². The van der Waals surface area contributed by atoms with E-state index in [1.807, 2.05) is 12.1 Å². The summed E-state index contributed by atoms with van der Waals surface area (Å²) in [5.74, 6) is -0.865. The molecule has 1 amide bonds. The first-order chi connectivity index (χ1) is 9.40. The third kappa shape index (κ3) is 5.61. The molecule has 1 rings (SSSR count). The topological polar surface area (TPSA) is 75.6 Å². The summed E-state index contributed by atoms with van der Waals surface area (Å²) in [6.45, 7) is 3.70. The molecule has 0 aromatic heterocycles. The number of aliphatic carboxylic acids is 1. The van der Waals surface area contributed by atoms with E-state index >= 15 is 0 Å². The van der Waals surface area contributed by atoms with Crippen molar-refractivity contribution >= 4 is 27.8 Å². The van der Waals surface area contributed by atoms with Crippen molar-refractivity contribution in [3.63, 3.8) is 0 Å². The largest absolute Gasteiger partial charge is 0.493 e. The van der Waals surface area contributed by atoms with Gasteiger partial charge < -0.3 is 15.2 Å². The summed E-state index contributed by atoms with van der Waals surface area (Å²) < 4.78 is 6.32. The lowest BCUT2D eigenvalue weighted by atomic mass is 10.0. The molecule has 1 aromatic carbocycles. The summed E-state index contributed by atoms with van der Waals surface area (Å²) in [5.41, 5.74) is 0. The maximum Gasteiger partial charge on any atom is 0.326 e. The molecule has 0 radical (unpaired) electrons. The van der Waals surface area contributed by atoms with Gasteiger partial charge in [-0.2, -0.15) is 0 Å². The first kappa shape index (κ1) is 16.5. The van der Waals surface area contributed by atoms with Crippen LogP contribution in [0.3, 0.4) is 0 Å². The molecular formula is C14H18BrNO4. The van der Waals surface area contributed by atoms with Crippen LogP contribution in [-0.2, 0) is 9.59 Å². The minimum absolute atomic E-state index is 0.114. The molecule has 0 fully saturated rings. The second kappa shape index (κ2) is 7.89. The van der Waals surface area contributed by atoms with E-state index < -0.39 is 12.0 Å². The third-order valence-corrected chi connectivity index (χ3v) is 3.14. The Morgan fingerprint density at radius 2 is 2.10 bits per heavy atom. The van der Waals surface area contributed by atoms with Gasteiger partial charge in [0.25, 0.3) is 0 Å². The summed E-state index contributed by atoms with van der Waals surface area (Å²) >= 11 is 3.32. The number of ether oxygens (including phenoxy) is 1. The van der Waals surface area contributed by atoms with E-state index in [1.54, 1.807) is 26.0 Å². The van der Waals surface area contributed by atoms with Gasteiger partial charge in [0.15, 0.2) is 0 Å². The zero-order chi connectivity index (χ0) is 15.1. The third-order valence-electron chi connectivity index (χ3n) is 2.64. The number of nitrogens with one attached hydrogen (secondary N) is 1. The normalized spacial score (nSPS) is 12.0. The lowest BCUT2D eigenvalue weighted by Gasteiger charge is -2.17. The van der Waals surface area contributed by atoms with Gasteiger partial charge in [-0.15, -0.1) is 0 Å². The van der Waals surface area contributed by atoms with Crippen molar-refractivity contribution in [1.82, 2.24) is 5.32 Å². The monoisotopic (exact) mass is 343 g/mol. The van der Waals surface area contributed by atoms with Crippen molar-refractivity contribution in [1.29, 1.82) is 0 Å². The fraction of sp³-hybridized carbons (Fsp3) is 0.429. The predicted molar refractivity (Wildman–Crippen MR) is 78.7 cm³/mol. The highest BCUT2D eigenvalue weighted by molar-refractivity contribution is 9.10. The lowest BCUT2D eigenvalue weighted by molar-refractivity contribution is -0.143. The first-order valence-electron chi connectivity index (χ1n) is 6.30. The average molecular weight is 344 g/mol. The molecule has 20 heavy (non-hydrogen) atoms. The molecule has 0 heterocycles. The molecule has 1 unspecified atom stereocenters. The van der Waals surface area contributed by atoms with Crippen LogP contribution in [0.25, 0.3) is 0 Å². The maximum absolute atomic E-state index is 11.7. The molecule has 1 atom stereocenters. The summed E-state index contributed by atoms with van der Waals surface area (Å²) in [6, 6.07) is 6.43. The SMILES string of the molecule is CC(C)C(NC(=O)CCOc1cccc(Br)c1)C(=O)O. The molecule has 110 valence electrons. The molecule has 6 heteroatoms. The van der Waals surface area contributed by atoms with E-state index in [4.69, 9.17) is 9.84 Å². The minimum Gasteiger partial charge on any atom is -0.493 e. The molecule has 0 bridgehead atoms. The summed E-state index contributed by atoms with van der Waals surface area (Å²) in [6.07, 6.45) is 0.114. The van der Waals surface area contributed by atoms with E-state index in [1.165, 1.54) is 0 Å². The van der Waals surface area contributed by atoms with Gasteiger partial charge in [-0.1, -0.05) is 35.8 Å².